The Hall–Kier alpha value is -3.32. The first kappa shape index (κ1) is 19.0. The number of carbonyl (C=O) groups excluding carboxylic acids is 3. The van der Waals surface area contributed by atoms with Crippen LogP contribution in [0.25, 0.3) is 6.08 Å². The number of hydrogen-bond donors (Lipinski definition) is 1. The molecule has 148 valence electrons. The molecule has 29 heavy (non-hydrogen) atoms. The van der Waals surface area contributed by atoms with Crippen molar-refractivity contribution in [2.75, 3.05) is 11.7 Å². The normalized spacial score (nSPS) is 17.3. The van der Waals surface area contributed by atoms with Crippen LogP contribution in [0.15, 0.2) is 42.0 Å². The summed E-state index contributed by atoms with van der Waals surface area (Å²) < 4.78 is 10.7. The zero-order chi connectivity index (χ0) is 20.7. The number of carbonyl (C=O) groups is 3. The minimum absolute atomic E-state index is 0.0127. The lowest BCUT2D eigenvalue weighted by Gasteiger charge is -2.26. The minimum atomic E-state index is -0.807. The lowest BCUT2D eigenvalue weighted by atomic mass is 10.0. The zero-order valence-electron chi connectivity index (χ0n) is 15.7. The second-order valence-electron chi connectivity index (χ2n) is 6.90. The van der Waals surface area contributed by atoms with Crippen molar-refractivity contribution in [1.82, 2.24) is 5.32 Å². The van der Waals surface area contributed by atoms with Gasteiger partial charge in [0.25, 0.3) is 11.8 Å². The van der Waals surface area contributed by atoms with Crippen LogP contribution >= 0.6 is 11.6 Å². The van der Waals surface area contributed by atoms with E-state index in [9.17, 15) is 14.4 Å². The molecule has 0 bridgehead atoms. The van der Waals surface area contributed by atoms with E-state index in [1.807, 2.05) is 26.0 Å². The van der Waals surface area contributed by atoms with E-state index < -0.39 is 17.8 Å². The molecule has 0 radical (unpaired) electrons. The average Bonchev–Trinajstić information content (AvgIpc) is 3.15. The first-order chi connectivity index (χ1) is 13.9. The summed E-state index contributed by atoms with van der Waals surface area (Å²) in [6.07, 6.45) is 1.31. The first-order valence-electron chi connectivity index (χ1n) is 8.96. The summed E-state index contributed by atoms with van der Waals surface area (Å²) in [5.74, 6) is -0.444. The number of imide groups is 2. The summed E-state index contributed by atoms with van der Waals surface area (Å²) in [4.78, 5) is 38.7. The van der Waals surface area contributed by atoms with Crippen LogP contribution in [-0.2, 0) is 9.59 Å². The van der Waals surface area contributed by atoms with Gasteiger partial charge in [0, 0.05) is 5.56 Å². The third kappa shape index (κ3) is 3.34. The number of ether oxygens (including phenoxy) is 2. The Labute approximate surface area is 171 Å². The summed E-state index contributed by atoms with van der Waals surface area (Å²) in [5.41, 5.74) is 1.53. The molecule has 0 unspecified atom stereocenters. The molecule has 1 saturated heterocycles. The average molecular weight is 413 g/mol. The molecule has 1 N–H and O–H groups in total. The van der Waals surface area contributed by atoms with E-state index in [1.165, 1.54) is 6.08 Å². The molecule has 0 atom stereocenters. The Balaban J connectivity index is 1.75. The molecule has 2 aromatic rings. The second-order valence-corrected chi connectivity index (χ2v) is 7.31. The van der Waals surface area contributed by atoms with Gasteiger partial charge in [-0.1, -0.05) is 37.6 Å². The van der Waals surface area contributed by atoms with E-state index >= 15 is 0 Å². The minimum Gasteiger partial charge on any atom is -0.454 e. The molecule has 4 amide bonds. The Morgan fingerprint density at radius 1 is 1.07 bits per heavy atom. The molecule has 0 saturated carbocycles. The smallest absolute Gasteiger partial charge is 0.335 e. The first-order valence-corrected chi connectivity index (χ1v) is 9.34. The molecule has 0 aromatic heterocycles. The van der Waals surface area contributed by atoms with Crippen molar-refractivity contribution >= 4 is 41.2 Å². The third-order valence-electron chi connectivity index (χ3n) is 4.73. The Bertz CT molecular complexity index is 1060. The molecule has 1 fully saturated rings. The van der Waals surface area contributed by atoms with Crippen molar-refractivity contribution < 1.29 is 23.9 Å². The molecule has 4 rings (SSSR count). The van der Waals surface area contributed by atoms with Gasteiger partial charge in [-0.3, -0.25) is 14.9 Å². The zero-order valence-corrected chi connectivity index (χ0v) is 16.4. The van der Waals surface area contributed by atoms with Gasteiger partial charge < -0.3 is 9.47 Å². The van der Waals surface area contributed by atoms with Gasteiger partial charge in [0.2, 0.25) is 6.79 Å². The summed E-state index contributed by atoms with van der Waals surface area (Å²) in [6, 6.07) is 9.44. The van der Waals surface area contributed by atoms with Gasteiger partial charge in [-0.2, -0.15) is 0 Å². The number of nitrogens with one attached hydrogen (secondary N) is 1. The van der Waals surface area contributed by atoms with Gasteiger partial charge >= 0.3 is 6.03 Å². The Morgan fingerprint density at radius 3 is 2.48 bits per heavy atom. The van der Waals surface area contributed by atoms with Gasteiger partial charge in [-0.05, 0) is 41.8 Å². The van der Waals surface area contributed by atoms with Crippen LogP contribution in [0.3, 0.4) is 0 Å². The summed E-state index contributed by atoms with van der Waals surface area (Å²) >= 11 is 6.25. The standard InChI is InChI=1S/C21H17ClN2O5/c1-11(2)12-3-5-13(6-4-12)24-20(26)15(19(25)23-21(24)27)9-14-16(22)7-8-17-18(14)29-10-28-17/h3-9,11H,10H2,1-2H3,(H,23,25,27). The molecular formula is C21H17ClN2O5. The highest BCUT2D eigenvalue weighted by Gasteiger charge is 2.37. The maximum Gasteiger partial charge on any atom is 0.335 e. The molecule has 0 aliphatic carbocycles. The van der Waals surface area contributed by atoms with Gasteiger partial charge in [0.15, 0.2) is 11.5 Å². The predicted molar refractivity (Wildman–Crippen MR) is 107 cm³/mol. The Kier molecular flexibility index (Phi) is 4.76. The number of halogens is 1. The number of rotatable bonds is 3. The van der Waals surface area contributed by atoms with Crippen molar-refractivity contribution in [3.63, 3.8) is 0 Å². The van der Waals surface area contributed by atoms with Gasteiger partial charge in [0.05, 0.1) is 10.7 Å². The number of benzene rings is 2. The van der Waals surface area contributed by atoms with E-state index in [2.05, 4.69) is 5.32 Å². The molecule has 2 heterocycles. The Morgan fingerprint density at radius 2 is 1.79 bits per heavy atom. The predicted octanol–water partition coefficient (Wildman–Crippen LogP) is 3.86. The third-order valence-corrected chi connectivity index (χ3v) is 5.06. The quantitative estimate of drug-likeness (QED) is 0.611. The van der Waals surface area contributed by atoms with Crippen molar-refractivity contribution in [3.05, 3.63) is 58.1 Å². The van der Waals surface area contributed by atoms with Crippen molar-refractivity contribution in [1.29, 1.82) is 0 Å². The number of amides is 4. The van der Waals surface area contributed by atoms with Gasteiger partial charge in [-0.15, -0.1) is 0 Å². The molecule has 0 spiro atoms. The van der Waals surface area contributed by atoms with Crippen LogP contribution in [0.4, 0.5) is 10.5 Å². The van der Waals surface area contributed by atoms with Crippen LogP contribution in [0.2, 0.25) is 5.02 Å². The summed E-state index contributed by atoms with van der Waals surface area (Å²) in [6.45, 7) is 4.10. The highest BCUT2D eigenvalue weighted by molar-refractivity contribution is 6.40. The summed E-state index contributed by atoms with van der Waals surface area (Å²) in [7, 11) is 0. The summed E-state index contributed by atoms with van der Waals surface area (Å²) in [5, 5.41) is 2.48. The molecule has 2 aliphatic rings. The largest absolute Gasteiger partial charge is 0.454 e. The van der Waals surface area contributed by atoms with Crippen molar-refractivity contribution in [2.45, 2.75) is 19.8 Å². The number of fused-ring (bicyclic) bond motifs is 1. The lowest BCUT2D eigenvalue weighted by Crippen LogP contribution is -2.54. The topological polar surface area (TPSA) is 84.9 Å². The van der Waals surface area contributed by atoms with Crippen molar-refractivity contribution in [3.8, 4) is 11.5 Å². The molecule has 2 aliphatic heterocycles. The number of urea groups is 1. The van der Waals surface area contributed by atoms with Crippen LogP contribution in [-0.4, -0.2) is 24.6 Å². The number of anilines is 1. The highest BCUT2D eigenvalue weighted by atomic mass is 35.5. The maximum absolute atomic E-state index is 13.0. The van der Waals surface area contributed by atoms with Crippen molar-refractivity contribution in [2.24, 2.45) is 0 Å². The lowest BCUT2D eigenvalue weighted by molar-refractivity contribution is -0.122. The number of hydrogen-bond acceptors (Lipinski definition) is 5. The van der Waals surface area contributed by atoms with E-state index in [0.717, 1.165) is 10.5 Å². The number of nitrogens with zero attached hydrogens (tertiary/aromatic N) is 1. The van der Waals surface area contributed by atoms with E-state index in [4.69, 9.17) is 21.1 Å². The number of barbiturate groups is 1. The van der Waals surface area contributed by atoms with E-state index in [1.54, 1.807) is 24.3 Å². The molecule has 8 heteroatoms. The fourth-order valence-electron chi connectivity index (χ4n) is 3.15. The maximum atomic E-state index is 13.0. The SMILES string of the molecule is CC(C)c1ccc(N2C(=O)NC(=O)C(=Cc3c(Cl)ccc4c3OCO4)C2=O)cc1. The fourth-order valence-corrected chi connectivity index (χ4v) is 3.35. The highest BCUT2D eigenvalue weighted by Crippen LogP contribution is 2.41. The van der Waals surface area contributed by atoms with Gasteiger partial charge in [0.1, 0.15) is 5.57 Å². The van der Waals surface area contributed by atoms with Gasteiger partial charge in [-0.25, -0.2) is 9.69 Å². The second kappa shape index (κ2) is 7.25. The van der Waals surface area contributed by atoms with Crippen LogP contribution in [0.1, 0.15) is 30.9 Å². The van der Waals surface area contributed by atoms with E-state index in [0.29, 0.717) is 28.7 Å². The fraction of sp³-hybridized carbons (Fsp3) is 0.190. The van der Waals surface area contributed by atoms with E-state index in [-0.39, 0.29) is 17.4 Å². The van der Waals surface area contributed by atoms with Crippen LogP contribution in [0.5, 0.6) is 11.5 Å². The molecule has 2 aromatic carbocycles. The van der Waals surface area contributed by atoms with Crippen LogP contribution < -0.4 is 19.7 Å². The monoisotopic (exact) mass is 412 g/mol. The van der Waals surface area contributed by atoms with Crippen LogP contribution in [0, 0.1) is 0 Å². The molecule has 7 nitrogen and oxygen atoms in total. The molecular weight excluding hydrogens is 396 g/mol.